The Morgan fingerprint density at radius 2 is 2.00 bits per heavy atom. The first-order valence-corrected chi connectivity index (χ1v) is 6.04. The predicted molar refractivity (Wildman–Crippen MR) is 74.4 cm³/mol. The summed E-state index contributed by atoms with van der Waals surface area (Å²) >= 11 is 0. The number of nitriles is 1. The number of rotatable bonds is 4. The zero-order valence-electron chi connectivity index (χ0n) is 10.9. The van der Waals surface area contributed by atoms with Gasteiger partial charge < -0.3 is 10.4 Å². The maximum atomic E-state index is 10.8. The first-order valence-electron chi connectivity index (χ1n) is 6.04. The minimum Gasteiger partial charge on any atom is -0.478 e. The van der Waals surface area contributed by atoms with Crippen molar-refractivity contribution in [3.63, 3.8) is 0 Å². The second-order valence-electron chi connectivity index (χ2n) is 4.32. The molecule has 0 bridgehead atoms. The van der Waals surface area contributed by atoms with Crippen LogP contribution in [-0.2, 0) is 6.54 Å². The zero-order valence-corrected chi connectivity index (χ0v) is 10.9. The van der Waals surface area contributed by atoms with Gasteiger partial charge >= 0.3 is 5.97 Å². The van der Waals surface area contributed by atoms with Crippen molar-refractivity contribution in [1.29, 1.82) is 5.26 Å². The number of carbonyl (C=O) groups is 1. The van der Waals surface area contributed by atoms with Gasteiger partial charge in [0, 0.05) is 12.2 Å². The Bertz CT molecular complexity index is 673. The van der Waals surface area contributed by atoms with E-state index >= 15 is 0 Å². The summed E-state index contributed by atoms with van der Waals surface area (Å²) < 4.78 is 0. The van der Waals surface area contributed by atoms with Crippen LogP contribution in [0.15, 0.2) is 36.4 Å². The third-order valence-corrected chi connectivity index (χ3v) is 2.82. The number of anilines is 1. The van der Waals surface area contributed by atoms with Crippen LogP contribution in [0.2, 0.25) is 0 Å². The highest BCUT2D eigenvalue weighted by atomic mass is 16.4. The van der Waals surface area contributed by atoms with Gasteiger partial charge in [-0.05, 0) is 36.8 Å². The number of aryl methyl sites for hydroxylation is 1. The zero-order chi connectivity index (χ0) is 14.5. The Morgan fingerprint density at radius 3 is 2.60 bits per heavy atom. The molecule has 0 saturated heterocycles. The van der Waals surface area contributed by atoms with E-state index in [9.17, 15) is 4.79 Å². The standard InChI is InChI=1S/C15H13N3O2/c1-10-2-5-13(8-16)14(18-10)17-9-11-3-6-12(7-4-11)15(19)20/h2-7H,9H2,1H3,(H,17,18)(H,19,20). The molecule has 5 heteroatoms. The minimum atomic E-state index is -0.948. The van der Waals surface area contributed by atoms with Crippen LogP contribution in [0, 0.1) is 18.3 Å². The monoisotopic (exact) mass is 267 g/mol. The molecule has 2 N–H and O–H groups in total. The number of carboxylic acid groups (broad SMARTS) is 1. The Labute approximate surface area is 116 Å². The number of aromatic carboxylic acids is 1. The van der Waals surface area contributed by atoms with Crippen LogP contribution in [-0.4, -0.2) is 16.1 Å². The van der Waals surface area contributed by atoms with E-state index in [4.69, 9.17) is 10.4 Å². The minimum absolute atomic E-state index is 0.250. The van der Waals surface area contributed by atoms with Gasteiger partial charge in [0.15, 0.2) is 0 Å². The fourth-order valence-electron chi connectivity index (χ4n) is 1.73. The molecule has 20 heavy (non-hydrogen) atoms. The van der Waals surface area contributed by atoms with E-state index < -0.39 is 5.97 Å². The average molecular weight is 267 g/mol. The molecular weight excluding hydrogens is 254 g/mol. The van der Waals surface area contributed by atoms with Crippen molar-refractivity contribution in [3.8, 4) is 6.07 Å². The molecule has 0 radical (unpaired) electrons. The van der Waals surface area contributed by atoms with Gasteiger partial charge in [-0.3, -0.25) is 0 Å². The third-order valence-electron chi connectivity index (χ3n) is 2.82. The molecule has 1 aromatic carbocycles. The summed E-state index contributed by atoms with van der Waals surface area (Å²) in [4.78, 5) is 15.0. The maximum absolute atomic E-state index is 10.8. The molecule has 0 amide bonds. The summed E-state index contributed by atoms with van der Waals surface area (Å²) in [7, 11) is 0. The fraction of sp³-hybridized carbons (Fsp3) is 0.133. The molecule has 0 aliphatic carbocycles. The highest BCUT2D eigenvalue weighted by Crippen LogP contribution is 2.14. The van der Waals surface area contributed by atoms with E-state index in [0.717, 1.165) is 11.3 Å². The first-order chi connectivity index (χ1) is 9.60. The highest BCUT2D eigenvalue weighted by Gasteiger charge is 2.05. The molecule has 0 unspecified atom stereocenters. The summed E-state index contributed by atoms with van der Waals surface area (Å²) in [5.41, 5.74) is 2.48. The lowest BCUT2D eigenvalue weighted by molar-refractivity contribution is 0.0697. The second kappa shape index (κ2) is 5.85. The molecule has 0 aliphatic rings. The van der Waals surface area contributed by atoms with Crippen LogP contribution in [0.1, 0.15) is 27.2 Å². The predicted octanol–water partition coefficient (Wildman–Crippen LogP) is 2.57. The molecule has 5 nitrogen and oxygen atoms in total. The van der Waals surface area contributed by atoms with Crippen molar-refractivity contribution in [2.45, 2.75) is 13.5 Å². The molecule has 0 aliphatic heterocycles. The summed E-state index contributed by atoms with van der Waals surface area (Å²) in [5, 5.41) is 20.9. The van der Waals surface area contributed by atoms with Gasteiger partial charge in [0.25, 0.3) is 0 Å². The number of hydrogen-bond acceptors (Lipinski definition) is 4. The molecule has 100 valence electrons. The van der Waals surface area contributed by atoms with E-state index in [0.29, 0.717) is 17.9 Å². The lowest BCUT2D eigenvalue weighted by atomic mass is 10.1. The number of aromatic nitrogens is 1. The number of benzene rings is 1. The van der Waals surface area contributed by atoms with Crippen molar-refractivity contribution in [2.75, 3.05) is 5.32 Å². The summed E-state index contributed by atoms with van der Waals surface area (Å²) in [5.74, 6) is -0.411. The molecule has 0 fully saturated rings. The van der Waals surface area contributed by atoms with Crippen LogP contribution < -0.4 is 5.32 Å². The smallest absolute Gasteiger partial charge is 0.335 e. The van der Waals surface area contributed by atoms with Gasteiger partial charge in [-0.25, -0.2) is 9.78 Å². The lowest BCUT2D eigenvalue weighted by Gasteiger charge is -2.08. The van der Waals surface area contributed by atoms with E-state index in [-0.39, 0.29) is 5.56 Å². The first kappa shape index (κ1) is 13.6. The van der Waals surface area contributed by atoms with Crippen molar-refractivity contribution in [2.24, 2.45) is 0 Å². The van der Waals surface area contributed by atoms with Crippen molar-refractivity contribution in [1.82, 2.24) is 4.98 Å². The topological polar surface area (TPSA) is 86.0 Å². The Hall–Kier alpha value is -2.87. The number of nitrogens with one attached hydrogen (secondary N) is 1. The summed E-state index contributed by atoms with van der Waals surface area (Å²) in [6.07, 6.45) is 0. The number of pyridine rings is 1. The number of nitrogens with zero attached hydrogens (tertiary/aromatic N) is 2. The molecular formula is C15H13N3O2. The SMILES string of the molecule is Cc1ccc(C#N)c(NCc2ccc(C(=O)O)cc2)n1. The largest absolute Gasteiger partial charge is 0.478 e. The van der Waals surface area contributed by atoms with E-state index in [1.54, 1.807) is 36.4 Å². The fourth-order valence-corrected chi connectivity index (χ4v) is 1.73. The molecule has 1 aromatic heterocycles. The van der Waals surface area contributed by atoms with Crippen LogP contribution in [0.25, 0.3) is 0 Å². The summed E-state index contributed by atoms with van der Waals surface area (Å²) in [6.45, 7) is 2.33. The molecule has 2 rings (SSSR count). The number of carboxylic acids is 1. The van der Waals surface area contributed by atoms with E-state index in [1.165, 1.54) is 0 Å². The van der Waals surface area contributed by atoms with Gasteiger partial charge in [0.2, 0.25) is 0 Å². The molecule has 1 heterocycles. The highest BCUT2D eigenvalue weighted by molar-refractivity contribution is 5.87. The second-order valence-corrected chi connectivity index (χ2v) is 4.32. The normalized spacial score (nSPS) is 9.80. The van der Waals surface area contributed by atoms with Crippen LogP contribution in [0.3, 0.4) is 0 Å². The lowest BCUT2D eigenvalue weighted by Crippen LogP contribution is -2.05. The Kier molecular flexibility index (Phi) is 3.96. The Balaban J connectivity index is 2.11. The van der Waals surface area contributed by atoms with Gasteiger partial charge in [-0.2, -0.15) is 5.26 Å². The molecule has 0 atom stereocenters. The van der Waals surface area contributed by atoms with Crippen molar-refractivity contribution in [3.05, 3.63) is 58.8 Å². The van der Waals surface area contributed by atoms with E-state index in [1.807, 2.05) is 6.92 Å². The molecule has 0 saturated carbocycles. The van der Waals surface area contributed by atoms with Crippen molar-refractivity contribution < 1.29 is 9.90 Å². The quantitative estimate of drug-likeness (QED) is 0.889. The van der Waals surface area contributed by atoms with Crippen LogP contribution >= 0.6 is 0 Å². The number of hydrogen-bond donors (Lipinski definition) is 2. The molecule has 0 spiro atoms. The van der Waals surface area contributed by atoms with Gasteiger partial charge in [0.05, 0.1) is 11.1 Å². The average Bonchev–Trinajstić information content (AvgIpc) is 2.45. The molecule has 2 aromatic rings. The van der Waals surface area contributed by atoms with Gasteiger partial charge in [-0.1, -0.05) is 12.1 Å². The van der Waals surface area contributed by atoms with E-state index in [2.05, 4.69) is 16.4 Å². The Morgan fingerprint density at radius 1 is 1.30 bits per heavy atom. The van der Waals surface area contributed by atoms with Crippen LogP contribution in [0.5, 0.6) is 0 Å². The summed E-state index contributed by atoms with van der Waals surface area (Å²) in [6, 6.07) is 12.2. The van der Waals surface area contributed by atoms with Crippen LogP contribution in [0.4, 0.5) is 5.82 Å². The third kappa shape index (κ3) is 3.12. The maximum Gasteiger partial charge on any atom is 0.335 e. The van der Waals surface area contributed by atoms with Gasteiger partial charge in [0.1, 0.15) is 11.9 Å². The van der Waals surface area contributed by atoms with Gasteiger partial charge in [-0.15, -0.1) is 0 Å². The van der Waals surface area contributed by atoms with Crippen molar-refractivity contribution >= 4 is 11.8 Å².